The smallest absolute Gasteiger partial charge is 0.278 e. The highest BCUT2D eigenvalue weighted by atomic mass is 35.5. The number of carbonyl (C=O) groups excluding carboxylic acids is 2. The SMILES string of the molecule is Cc1ccc(Cl)cc1NC1=C(c2ccc(F)cc2)C(=O)N(CCc2ccccc2)C1=O. The molecule has 0 spiro atoms. The molecule has 0 unspecified atom stereocenters. The molecule has 3 aromatic rings. The minimum atomic E-state index is -0.417. The third-order valence-electron chi connectivity index (χ3n) is 5.23. The zero-order valence-electron chi connectivity index (χ0n) is 16.9. The highest BCUT2D eigenvalue weighted by molar-refractivity contribution is 6.36. The summed E-state index contributed by atoms with van der Waals surface area (Å²) in [6, 6.07) is 20.5. The number of carbonyl (C=O) groups is 2. The van der Waals surface area contributed by atoms with E-state index in [2.05, 4.69) is 5.32 Å². The van der Waals surface area contributed by atoms with Gasteiger partial charge >= 0.3 is 0 Å². The minimum Gasteiger partial charge on any atom is -0.350 e. The molecule has 31 heavy (non-hydrogen) atoms. The van der Waals surface area contributed by atoms with Gasteiger partial charge in [0, 0.05) is 17.3 Å². The van der Waals surface area contributed by atoms with Crippen LogP contribution in [0, 0.1) is 12.7 Å². The van der Waals surface area contributed by atoms with Gasteiger partial charge in [0.05, 0.1) is 5.57 Å². The number of imide groups is 1. The Morgan fingerprint density at radius 2 is 1.65 bits per heavy atom. The van der Waals surface area contributed by atoms with Crippen molar-refractivity contribution in [3.05, 3.63) is 106 Å². The molecule has 0 aromatic heterocycles. The van der Waals surface area contributed by atoms with E-state index >= 15 is 0 Å². The number of anilines is 1. The summed E-state index contributed by atoms with van der Waals surface area (Å²) in [5.41, 5.74) is 3.39. The predicted octanol–water partition coefficient (Wildman–Crippen LogP) is 5.22. The van der Waals surface area contributed by atoms with E-state index in [1.165, 1.54) is 29.2 Å². The van der Waals surface area contributed by atoms with Crippen molar-refractivity contribution >= 4 is 34.7 Å². The van der Waals surface area contributed by atoms with E-state index in [-0.39, 0.29) is 17.8 Å². The van der Waals surface area contributed by atoms with Crippen LogP contribution in [0.25, 0.3) is 5.57 Å². The molecule has 1 aliphatic rings. The monoisotopic (exact) mass is 434 g/mol. The van der Waals surface area contributed by atoms with Crippen LogP contribution < -0.4 is 5.32 Å². The van der Waals surface area contributed by atoms with E-state index in [4.69, 9.17) is 11.6 Å². The quantitative estimate of drug-likeness (QED) is 0.541. The fourth-order valence-electron chi connectivity index (χ4n) is 3.53. The van der Waals surface area contributed by atoms with E-state index in [0.717, 1.165) is 11.1 Å². The molecular formula is C25H20ClFN2O2. The van der Waals surface area contributed by atoms with Crippen LogP contribution in [-0.4, -0.2) is 23.3 Å². The fourth-order valence-corrected chi connectivity index (χ4v) is 3.70. The highest BCUT2D eigenvalue weighted by Crippen LogP contribution is 2.32. The van der Waals surface area contributed by atoms with E-state index in [1.54, 1.807) is 12.1 Å². The number of hydrogen-bond acceptors (Lipinski definition) is 3. The van der Waals surface area contributed by atoms with Crippen LogP contribution >= 0.6 is 11.6 Å². The van der Waals surface area contributed by atoms with Crippen LogP contribution in [0.5, 0.6) is 0 Å². The largest absolute Gasteiger partial charge is 0.350 e. The van der Waals surface area contributed by atoms with Crippen molar-refractivity contribution in [2.24, 2.45) is 0 Å². The van der Waals surface area contributed by atoms with E-state index in [9.17, 15) is 14.0 Å². The van der Waals surface area contributed by atoms with E-state index in [0.29, 0.717) is 22.7 Å². The predicted molar refractivity (Wildman–Crippen MR) is 120 cm³/mol. The maximum absolute atomic E-state index is 13.5. The number of nitrogens with zero attached hydrogens (tertiary/aromatic N) is 1. The summed E-state index contributed by atoms with van der Waals surface area (Å²) in [6.45, 7) is 2.12. The number of halogens is 2. The van der Waals surface area contributed by atoms with Crippen LogP contribution in [0.2, 0.25) is 5.02 Å². The maximum Gasteiger partial charge on any atom is 0.278 e. The van der Waals surface area contributed by atoms with Crippen LogP contribution in [0.4, 0.5) is 10.1 Å². The van der Waals surface area contributed by atoms with Gasteiger partial charge in [0.2, 0.25) is 0 Å². The summed E-state index contributed by atoms with van der Waals surface area (Å²) in [5, 5.41) is 3.62. The minimum absolute atomic E-state index is 0.162. The van der Waals surface area contributed by atoms with Gasteiger partial charge in [0.1, 0.15) is 11.5 Å². The summed E-state index contributed by atoms with van der Waals surface area (Å²) in [4.78, 5) is 27.8. The number of rotatable bonds is 6. The Balaban J connectivity index is 1.70. The molecule has 4 nitrogen and oxygen atoms in total. The standard InChI is InChI=1S/C25H20ClFN2O2/c1-16-7-10-19(26)15-21(16)28-23-22(18-8-11-20(27)12-9-18)24(30)29(25(23)31)14-13-17-5-3-2-4-6-17/h2-12,15,28H,13-14H2,1H3. The molecule has 0 aliphatic carbocycles. The Kier molecular flexibility index (Phi) is 5.87. The van der Waals surface area contributed by atoms with Gasteiger partial charge < -0.3 is 5.32 Å². The zero-order chi connectivity index (χ0) is 22.0. The Bertz CT molecular complexity index is 1170. The molecule has 0 fully saturated rings. The first-order valence-corrected chi connectivity index (χ1v) is 10.3. The molecule has 4 rings (SSSR count). The molecule has 0 atom stereocenters. The fraction of sp³-hybridized carbons (Fsp3) is 0.120. The van der Waals surface area contributed by atoms with Crippen LogP contribution in [-0.2, 0) is 16.0 Å². The molecule has 1 heterocycles. The lowest BCUT2D eigenvalue weighted by molar-refractivity contribution is -0.136. The zero-order valence-corrected chi connectivity index (χ0v) is 17.6. The van der Waals surface area contributed by atoms with Crippen molar-refractivity contribution in [2.45, 2.75) is 13.3 Å². The molecular weight excluding hydrogens is 415 g/mol. The van der Waals surface area contributed by atoms with Crippen LogP contribution in [0.15, 0.2) is 78.5 Å². The van der Waals surface area contributed by atoms with E-state index < -0.39 is 17.6 Å². The summed E-state index contributed by atoms with van der Waals surface area (Å²) in [7, 11) is 0. The second-order valence-electron chi connectivity index (χ2n) is 7.34. The van der Waals surface area contributed by atoms with Gasteiger partial charge in [-0.15, -0.1) is 0 Å². The van der Waals surface area contributed by atoms with Gasteiger partial charge in [-0.05, 0) is 54.3 Å². The van der Waals surface area contributed by atoms with Crippen molar-refractivity contribution in [1.29, 1.82) is 0 Å². The normalized spacial score (nSPS) is 13.8. The Morgan fingerprint density at radius 3 is 2.35 bits per heavy atom. The van der Waals surface area contributed by atoms with Crippen LogP contribution in [0.3, 0.4) is 0 Å². The lowest BCUT2D eigenvalue weighted by atomic mass is 10.0. The van der Waals surface area contributed by atoms with Gasteiger partial charge in [0.15, 0.2) is 0 Å². The van der Waals surface area contributed by atoms with Crippen LogP contribution in [0.1, 0.15) is 16.7 Å². The molecule has 0 saturated carbocycles. The molecule has 1 N–H and O–H groups in total. The molecule has 6 heteroatoms. The first kappa shape index (κ1) is 20.8. The Hall–Kier alpha value is -3.44. The van der Waals surface area contributed by atoms with Gasteiger partial charge in [-0.2, -0.15) is 0 Å². The maximum atomic E-state index is 13.5. The average Bonchev–Trinajstić information content (AvgIpc) is 3.00. The van der Waals surface area contributed by atoms with E-state index in [1.807, 2.05) is 43.3 Å². The molecule has 0 radical (unpaired) electrons. The number of nitrogens with one attached hydrogen (secondary N) is 1. The van der Waals surface area contributed by atoms with Gasteiger partial charge in [-0.1, -0.05) is 60.1 Å². The number of aryl methyl sites for hydroxylation is 1. The highest BCUT2D eigenvalue weighted by Gasteiger charge is 2.39. The lowest BCUT2D eigenvalue weighted by Crippen LogP contribution is -2.34. The summed E-state index contributed by atoms with van der Waals surface area (Å²) in [5.74, 6) is -1.24. The van der Waals surface area contributed by atoms with Crippen molar-refractivity contribution < 1.29 is 14.0 Å². The van der Waals surface area contributed by atoms with Gasteiger partial charge in [-0.25, -0.2) is 4.39 Å². The third-order valence-corrected chi connectivity index (χ3v) is 5.46. The second-order valence-corrected chi connectivity index (χ2v) is 7.78. The number of benzene rings is 3. The molecule has 0 bridgehead atoms. The summed E-state index contributed by atoms with van der Waals surface area (Å²) < 4.78 is 13.5. The Morgan fingerprint density at radius 1 is 0.935 bits per heavy atom. The van der Waals surface area contributed by atoms with Crippen molar-refractivity contribution in [1.82, 2.24) is 4.90 Å². The molecule has 0 saturated heterocycles. The lowest BCUT2D eigenvalue weighted by Gasteiger charge is -2.16. The van der Waals surface area contributed by atoms with Crippen molar-refractivity contribution in [2.75, 3.05) is 11.9 Å². The topological polar surface area (TPSA) is 49.4 Å². The Labute approximate surface area is 185 Å². The second kappa shape index (κ2) is 8.74. The first-order chi connectivity index (χ1) is 14.9. The molecule has 3 aromatic carbocycles. The summed E-state index contributed by atoms with van der Waals surface area (Å²) >= 11 is 6.12. The van der Waals surface area contributed by atoms with Crippen molar-refractivity contribution in [3.8, 4) is 0 Å². The van der Waals surface area contributed by atoms with Gasteiger partial charge in [0.25, 0.3) is 11.8 Å². The number of amides is 2. The van der Waals surface area contributed by atoms with Crippen molar-refractivity contribution in [3.63, 3.8) is 0 Å². The number of hydrogen-bond donors (Lipinski definition) is 1. The first-order valence-electron chi connectivity index (χ1n) is 9.87. The molecule has 156 valence electrons. The average molecular weight is 435 g/mol. The van der Waals surface area contributed by atoms with Gasteiger partial charge in [-0.3, -0.25) is 14.5 Å². The third kappa shape index (κ3) is 4.37. The molecule has 1 aliphatic heterocycles. The summed E-state index contributed by atoms with van der Waals surface area (Å²) in [6.07, 6.45) is 0.540. The molecule has 2 amide bonds.